The summed E-state index contributed by atoms with van der Waals surface area (Å²) in [7, 11) is 0. The molecule has 0 aromatic heterocycles. The summed E-state index contributed by atoms with van der Waals surface area (Å²) >= 11 is 11.8. The number of aliphatic hydroxyl groups is 1. The van der Waals surface area contributed by atoms with E-state index in [0.717, 1.165) is 5.56 Å². The zero-order valence-corrected chi connectivity index (χ0v) is 14.0. The number of carbonyl (C=O) groups excluding carboxylic acids is 1. The highest BCUT2D eigenvalue weighted by atomic mass is 35.5. The predicted octanol–water partition coefficient (Wildman–Crippen LogP) is 3.76. The lowest BCUT2D eigenvalue weighted by Crippen LogP contribution is -2.39. The van der Waals surface area contributed by atoms with Crippen LogP contribution in [0.15, 0.2) is 18.2 Å². The normalized spacial score (nSPS) is 15.1. The van der Waals surface area contributed by atoms with E-state index in [-0.39, 0.29) is 24.1 Å². The topological polar surface area (TPSA) is 61.4 Å². The molecule has 0 fully saturated rings. The first-order chi connectivity index (χ1) is 9.79. The first-order valence-electron chi connectivity index (χ1n) is 6.97. The van der Waals surface area contributed by atoms with E-state index >= 15 is 0 Å². The molecule has 0 saturated heterocycles. The van der Waals surface area contributed by atoms with Gasteiger partial charge in [0.15, 0.2) is 0 Å². The van der Waals surface area contributed by atoms with Gasteiger partial charge < -0.3 is 15.7 Å². The molecule has 2 amide bonds. The molecule has 118 valence electrons. The lowest BCUT2D eigenvalue weighted by atomic mass is 10.1. The fourth-order valence-corrected chi connectivity index (χ4v) is 2.35. The molecule has 0 spiro atoms. The van der Waals surface area contributed by atoms with Crippen LogP contribution in [0.3, 0.4) is 0 Å². The van der Waals surface area contributed by atoms with Gasteiger partial charge >= 0.3 is 6.03 Å². The minimum Gasteiger partial charge on any atom is -0.393 e. The molecule has 0 radical (unpaired) electrons. The molecule has 4 nitrogen and oxygen atoms in total. The molecule has 3 unspecified atom stereocenters. The van der Waals surface area contributed by atoms with Crippen LogP contribution in [0.5, 0.6) is 0 Å². The third-order valence-corrected chi connectivity index (χ3v) is 3.88. The van der Waals surface area contributed by atoms with Crippen molar-refractivity contribution in [3.63, 3.8) is 0 Å². The Kier molecular flexibility index (Phi) is 7.29. The largest absolute Gasteiger partial charge is 0.393 e. The summed E-state index contributed by atoms with van der Waals surface area (Å²) in [5, 5.41) is 15.9. The van der Waals surface area contributed by atoms with E-state index in [1.165, 1.54) is 0 Å². The van der Waals surface area contributed by atoms with Gasteiger partial charge in [0.25, 0.3) is 0 Å². The third kappa shape index (κ3) is 6.55. The average Bonchev–Trinajstić information content (AvgIpc) is 2.38. The second kappa shape index (κ2) is 8.47. The molecule has 6 heteroatoms. The SMILES string of the molecule is CC(O)CC(C)CNC(=O)NC(C)c1ccc(Cl)c(Cl)c1. The van der Waals surface area contributed by atoms with Gasteiger partial charge in [-0.05, 0) is 43.9 Å². The van der Waals surface area contributed by atoms with Crippen LogP contribution in [-0.2, 0) is 0 Å². The summed E-state index contributed by atoms with van der Waals surface area (Å²) < 4.78 is 0. The lowest BCUT2D eigenvalue weighted by Gasteiger charge is -2.18. The van der Waals surface area contributed by atoms with Crippen molar-refractivity contribution in [2.24, 2.45) is 5.92 Å². The maximum atomic E-state index is 11.8. The molecule has 0 heterocycles. The highest BCUT2D eigenvalue weighted by Crippen LogP contribution is 2.25. The second-order valence-corrected chi connectivity index (χ2v) is 6.25. The number of nitrogens with one attached hydrogen (secondary N) is 2. The first kappa shape index (κ1) is 18.1. The fourth-order valence-electron chi connectivity index (χ4n) is 2.05. The maximum Gasteiger partial charge on any atom is 0.315 e. The number of benzene rings is 1. The van der Waals surface area contributed by atoms with Gasteiger partial charge in [-0.3, -0.25) is 0 Å². The molecule has 0 aliphatic carbocycles. The molecule has 21 heavy (non-hydrogen) atoms. The second-order valence-electron chi connectivity index (χ2n) is 5.44. The van der Waals surface area contributed by atoms with Crippen LogP contribution >= 0.6 is 23.2 Å². The van der Waals surface area contributed by atoms with Gasteiger partial charge in [-0.25, -0.2) is 4.79 Å². The minimum absolute atomic E-state index is 0.174. The van der Waals surface area contributed by atoms with Crippen molar-refractivity contribution in [1.29, 1.82) is 0 Å². The van der Waals surface area contributed by atoms with Gasteiger partial charge in [-0.1, -0.05) is 36.2 Å². The Hall–Kier alpha value is -0.970. The third-order valence-electron chi connectivity index (χ3n) is 3.15. The van der Waals surface area contributed by atoms with Crippen LogP contribution in [0.4, 0.5) is 4.79 Å². The van der Waals surface area contributed by atoms with Crippen molar-refractivity contribution >= 4 is 29.2 Å². The van der Waals surface area contributed by atoms with E-state index in [4.69, 9.17) is 23.2 Å². The van der Waals surface area contributed by atoms with Crippen molar-refractivity contribution in [2.45, 2.75) is 39.3 Å². The number of amides is 2. The summed E-state index contributed by atoms with van der Waals surface area (Å²) in [5.41, 5.74) is 0.886. The number of halogens is 2. The van der Waals surface area contributed by atoms with E-state index in [9.17, 15) is 9.90 Å². The van der Waals surface area contributed by atoms with Crippen molar-refractivity contribution in [3.8, 4) is 0 Å². The molecular weight excluding hydrogens is 311 g/mol. The van der Waals surface area contributed by atoms with Gasteiger partial charge in [-0.15, -0.1) is 0 Å². The molecule has 0 bridgehead atoms. The number of aliphatic hydroxyl groups excluding tert-OH is 1. The van der Waals surface area contributed by atoms with Crippen LogP contribution in [0.2, 0.25) is 10.0 Å². The van der Waals surface area contributed by atoms with Crippen LogP contribution in [0.1, 0.15) is 38.8 Å². The van der Waals surface area contributed by atoms with Crippen molar-refractivity contribution in [2.75, 3.05) is 6.54 Å². The monoisotopic (exact) mass is 332 g/mol. The van der Waals surface area contributed by atoms with Gasteiger partial charge in [0.1, 0.15) is 0 Å². The Morgan fingerprint density at radius 1 is 1.24 bits per heavy atom. The Morgan fingerprint density at radius 2 is 1.90 bits per heavy atom. The number of urea groups is 1. The van der Waals surface area contributed by atoms with Crippen LogP contribution < -0.4 is 10.6 Å². The Morgan fingerprint density at radius 3 is 2.48 bits per heavy atom. The van der Waals surface area contributed by atoms with Gasteiger partial charge in [0.05, 0.1) is 22.2 Å². The lowest BCUT2D eigenvalue weighted by molar-refractivity contribution is 0.163. The molecule has 0 saturated carbocycles. The number of rotatable bonds is 6. The molecule has 1 rings (SSSR count). The molecule has 0 aliphatic heterocycles. The molecular formula is C15H22Cl2N2O2. The maximum absolute atomic E-state index is 11.8. The van der Waals surface area contributed by atoms with E-state index in [1.54, 1.807) is 19.1 Å². The highest BCUT2D eigenvalue weighted by Gasteiger charge is 2.12. The first-order valence-corrected chi connectivity index (χ1v) is 7.72. The Labute approximate surface area is 135 Å². The summed E-state index contributed by atoms with van der Waals surface area (Å²) in [6.07, 6.45) is 0.294. The van der Waals surface area contributed by atoms with E-state index in [2.05, 4.69) is 10.6 Å². The van der Waals surface area contributed by atoms with E-state index in [0.29, 0.717) is 23.0 Å². The Balaban J connectivity index is 2.45. The molecule has 1 aromatic rings. The average molecular weight is 333 g/mol. The zero-order chi connectivity index (χ0) is 16.0. The van der Waals surface area contributed by atoms with Gasteiger partial charge in [0, 0.05) is 6.54 Å². The van der Waals surface area contributed by atoms with E-state index < -0.39 is 0 Å². The number of hydrogen-bond acceptors (Lipinski definition) is 2. The summed E-state index contributed by atoms with van der Waals surface area (Å²) in [6.45, 7) is 6.11. The number of hydrogen-bond donors (Lipinski definition) is 3. The van der Waals surface area contributed by atoms with Crippen LogP contribution in [0, 0.1) is 5.92 Å². The van der Waals surface area contributed by atoms with Crippen LogP contribution in [-0.4, -0.2) is 23.8 Å². The quantitative estimate of drug-likeness (QED) is 0.742. The smallest absolute Gasteiger partial charge is 0.315 e. The van der Waals surface area contributed by atoms with Gasteiger partial charge in [-0.2, -0.15) is 0 Å². The minimum atomic E-state index is -0.361. The highest BCUT2D eigenvalue weighted by molar-refractivity contribution is 6.42. The molecule has 1 aromatic carbocycles. The zero-order valence-electron chi connectivity index (χ0n) is 12.5. The van der Waals surface area contributed by atoms with Crippen molar-refractivity contribution in [1.82, 2.24) is 10.6 Å². The van der Waals surface area contributed by atoms with Gasteiger partial charge in [0.2, 0.25) is 0 Å². The van der Waals surface area contributed by atoms with E-state index in [1.807, 2.05) is 19.9 Å². The predicted molar refractivity (Wildman–Crippen MR) is 86.9 cm³/mol. The Bertz CT molecular complexity index is 481. The standard InChI is InChI=1S/C15H22Cl2N2O2/c1-9(6-10(2)20)8-18-15(21)19-11(3)12-4-5-13(16)14(17)7-12/h4-5,7,9-11,20H,6,8H2,1-3H3,(H2,18,19,21). The number of carbonyl (C=O) groups is 1. The molecule has 0 aliphatic rings. The molecule has 3 atom stereocenters. The summed E-state index contributed by atoms with van der Waals surface area (Å²) in [4.78, 5) is 11.8. The summed E-state index contributed by atoms with van der Waals surface area (Å²) in [6, 6.07) is 4.86. The summed E-state index contributed by atoms with van der Waals surface area (Å²) in [5.74, 6) is 0.219. The van der Waals surface area contributed by atoms with Crippen LogP contribution in [0.25, 0.3) is 0 Å². The fraction of sp³-hybridized carbons (Fsp3) is 0.533. The van der Waals surface area contributed by atoms with Crippen molar-refractivity contribution in [3.05, 3.63) is 33.8 Å². The van der Waals surface area contributed by atoms with Crippen molar-refractivity contribution < 1.29 is 9.90 Å². The molecule has 3 N–H and O–H groups in total.